The minimum absolute atomic E-state index is 0.0379. The first kappa shape index (κ1) is 14.4. The fourth-order valence-electron chi connectivity index (χ4n) is 2.17. The molecule has 2 rings (SSSR count). The number of aromatic nitrogens is 4. The highest BCUT2D eigenvalue weighted by molar-refractivity contribution is 5.76. The molecule has 2 heterocycles. The van der Waals surface area contributed by atoms with E-state index in [1.807, 2.05) is 13.8 Å². The summed E-state index contributed by atoms with van der Waals surface area (Å²) in [5.74, 6) is 0.632. The van der Waals surface area contributed by atoms with E-state index in [4.69, 9.17) is 5.73 Å². The monoisotopic (exact) mass is 276 g/mol. The van der Waals surface area contributed by atoms with Gasteiger partial charge in [0.1, 0.15) is 6.33 Å². The average Bonchev–Trinajstić information content (AvgIpc) is 2.87. The van der Waals surface area contributed by atoms with Crippen LogP contribution < -0.4 is 11.1 Å². The molecule has 0 aliphatic carbocycles. The molecule has 0 radical (unpaired) electrons. The van der Waals surface area contributed by atoms with Crippen molar-refractivity contribution >= 4 is 11.7 Å². The van der Waals surface area contributed by atoms with Crippen molar-refractivity contribution in [3.63, 3.8) is 0 Å². The second-order valence-electron chi connectivity index (χ2n) is 4.73. The number of rotatable bonds is 6. The molecule has 0 aromatic carbocycles. The van der Waals surface area contributed by atoms with Crippen LogP contribution in [0.5, 0.6) is 0 Å². The minimum atomic E-state index is 0.0379. The molecule has 0 atom stereocenters. The average molecular weight is 276 g/mol. The van der Waals surface area contributed by atoms with E-state index < -0.39 is 0 Å². The summed E-state index contributed by atoms with van der Waals surface area (Å²) in [6.07, 6.45) is 3.37. The molecule has 0 aliphatic rings. The summed E-state index contributed by atoms with van der Waals surface area (Å²) in [6, 6.07) is 0. The zero-order valence-electron chi connectivity index (χ0n) is 11.9. The van der Waals surface area contributed by atoms with Gasteiger partial charge in [-0.15, -0.1) is 0 Å². The maximum Gasteiger partial charge on any atom is 0.252 e. The normalized spacial score (nSPS) is 10.9. The van der Waals surface area contributed by atoms with E-state index >= 15 is 0 Å². The van der Waals surface area contributed by atoms with Crippen molar-refractivity contribution in [3.8, 4) is 0 Å². The molecule has 0 bridgehead atoms. The summed E-state index contributed by atoms with van der Waals surface area (Å²) in [4.78, 5) is 20.2. The van der Waals surface area contributed by atoms with Crippen molar-refractivity contribution in [2.45, 2.75) is 33.1 Å². The van der Waals surface area contributed by atoms with Gasteiger partial charge in [-0.1, -0.05) is 0 Å². The van der Waals surface area contributed by atoms with Gasteiger partial charge in [-0.25, -0.2) is 9.50 Å². The first-order valence-electron chi connectivity index (χ1n) is 6.76. The molecule has 0 aliphatic heterocycles. The largest absolute Gasteiger partial charge is 0.356 e. The van der Waals surface area contributed by atoms with Gasteiger partial charge in [-0.3, -0.25) is 4.79 Å². The first-order valence-corrected chi connectivity index (χ1v) is 6.76. The molecule has 3 N–H and O–H groups in total. The molecule has 1 amide bonds. The maximum absolute atomic E-state index is 11.7. The van der Waals surface area contributed by atoms with E-state index in [0.29, 0.717) is 31.7 Å². The number of carbonyl (C=O) groups excluding carboxylic acids is 1. The van der Waals surface area contributed by atoms with Crippen molar-refractivity contribution in [2.75, 3.05) is 13.1 Å². The molecule has 20 heavy (non-hydrogen) atoms. The molecular weight excluding hydrogens is 256 g/mol. The van der Waals surface area contributed by atoms with Crippen molar-refractivity contribution in [3.05, 3.63) is 23.3 Å². The summed E-state index contributed by atoms with van der Waals surface area (Å²) in [7, 11) is 0. The van der Waals surface area contributed by atoms with Crippen LogP contribution in [0.4, 0.5) is 0 Å². The molecule has 7 nitrogen and oxygen atoms in total. The Kier molecular flexibility index (Phi) is 4.62. The number of carbonyl (C=O) groups is 1. The number of nitrogens with zero attached hydrogens (tertiary/aromatic N) is 4. The van der Waals surface area contributed by atoms with E-state index in [1.54, 1.807) is 4.52 Å². The Morgan fingerprint density at radius 1 is 1.45 bits per heavy atom. The van der Waals surface area contributed by atoms with Crippen LogP contribution in [0.2, 0.25) is 0 Å². The van der Waals surface area contributed by atoms with Gasteiger partial charge in [-0.05, 0) is 38.8 Å². The van der Waals surface area contributed by atoms with Crippen LogP contribution >= 0.6 is 0 Å². The van der Waals surface area contributed by atoms with Gasteiger partial charge in [0.15, 0.2) is 0 Å². The van der Waals surface area contributed by atoms with Gasteiger partial charge >= 0.3 is 0 Å². The Bertz CT molecular complexity index is 606. The van der Waals surface area contributed by atoms with Crippen LogP contribution in [0.25, 0.3) is 5.78 Å². The third kappa shape index (κ3) is 3.11. The van der Waals surface area contributed by atoms with E-state index in [-0.39, 0.29) is 5.91 Å². The van der Waals surface area contributed by atoms with Crippen LogP contribution in [0.1, 0.15) is 29.8 Å². The quantitative estimate of drug-likeness (QED) is 0.731. The topological polar surface area (TPSA) is 98.2 Å². The third-order valence-corrected chi connectivity index (χ3v) is 3.29. The van der Waals surface area contributed by atoms with E-state index in [1.165, 1.54) is 6.33 Å². The molecule has 0 spiro atoms. The molecule has 108 valence electrons. The lowest BCUT2D eigenvalue weighted by atomic mass is 10.1. The predicted octanol–water partition coefficient (Wildman–Crippen LogP) is 0.139. The van der Waals surface area contributed by atoms with Gasteiger partial charge < -0.3 is 11.1 Å². The van der Waals surface area contributed by atoms with Crippen molar-refractivity contribution in [2.24, 2.45) is 5.73 Å². The molecule has 0 saturated heterocycles. The summed E-state index contributed by atoms with van der Waals surface area (Å²) in [5, 5.41) is 6.99. The second kappa shape index (κ2) is 6.42. The summed E-state index contributed by atoms with van der Waals surface area (Å²) in [5.41, 5.74) is 8.33. The number of nitrogens with two attached hydrogens (primary N) is 1. The number of hydrogen-bond acceptors (Lipinski definition) is 5. The number of aryl methyl sites for hydroxylation is 2. The van der Waals surface area contributed by atoms with Gasteiger partial charge in [-0.2, -0.15) is 10.1 Å². The predicted molar refractivity (Wildman–Crippen MR) is 75.3 cm³/mol. The van der Waals surface area contributed by atoms with Crippen LogP contribution in [0.15, 0.2) is 6.33 Å². The highest BCUT2D eigenvalue weighted by atomic mass is 16.1. The SMILES string of the molecule is Cc1nc2ncnn2c(C)c1CCC(=O)NCCCN. The molecule has 0 saturated carbocycles. The summed E-state index contributed by atoms with van der Waals surface area (Å²) in [6.45, 7) is 5.13. The van der Waals surface area contributed by atoms with Crippen LogP contribution in [-0.4, -0.2) is 38.6 Å². The summed E-state index contributed by atoms with van der Waals surface area (Å²) < 4.78 is 1.70. The van der Waals surface area contributed by atoms with Crippen LogP contribution in [-0.2, 0) is 11.2 Å². The van der Waals surface area contributed by atoms with Gasteiger partial charge in [0, 0.05) is 24.4 Å². The molecule has 0 fully saturated rings. The lowest BCUT2D eigenvalue weighted by molar-refractivity contribution is -0.121. The summed E-state index contributed by atoms with van der Waals surface area (Å²) >= 11 is 0. The molecule has 2 aromatic heterocycles. The zero-order valence-corrected chi connectivity index (χ0v) is 11.9. The van der Waals surface area contributed by atoms with E-state index in [9.17, 15) is 4.79 Å². The second-order valence-corrected chi connectivity index (χ2v) is 4.73. The Hall–Kier alpha value is -2.02. The van der Waals surface area contributed by atoms with Crippen LogP contribution in [0, 0.1) is 13.8 Å². The number of amides is 1. The number of hydrogen-bond donors (Lipinski definition) is 2. The van der Waals surface area contributed by atoms with E-state index in [0.717, 1.165) is 23.4 Å². The molecule has 7 heteroatoms. The Morgan fingerprint density at radius 3 is 3.00 bits per heavy atom. The first-order chi connectivity index (χ1) is 9.63. The fraction of sp³-hybridized carbons (Fsp3) is 0.538. The smallest absolute Gasteiger partial charge is 0.252 e. The Labute approximate surface area is 117 Å². The fourth-order valence-corrected chi connectivity index (χ4v) is 2.17. The van der Waals surface area contributed by atoms with Crippen molar-refractivity contribution < 1.29 is 4.79 Å². The van der Waals surface area contributed by atoms with E-state index in [2.05, 4.69) is 20.4 Å². The van der Waals surface area contributed by atoms with Crippen molar-refractivity contribution in [1.82, 2.24) is 24.9 Å². The highest BCUT2D eigenvalue weighted by Crippen LogP contribution is 2.14. The number of fused-ring (bicyclic) bond motifs is 1. The number of nitrogens with one attached hydrogen (secondary N) is 1. The lowest BCUT2D eigenvalue weighted by Gasteiger charge is -2.10. The molecular formula is C13H20N6O. The van der Waals surface area contributed by atoms with Gasteiger partial charge in [0.2, 0.25) is 5.91 Å². The minimum Gasteiger partial charge on any atom is -0.356 e. The standard InChI is InChI=1S/C13H20N6O/c1-9-11(4-5-12(20)15-7-3-6-14)10(2)19-13(18-9)16-8-17-19/h8H,3-7,14H2,1-2H3,(H,15,20). The Balaban J connectivity index is 2.04. The molecule has 2 aromatic rings. The Morgan fingerprint density at radius 2 is 2.25 bits per heavy atom. The van der Waals surface area contributed by atoms with Gasteiger partial charge in [0.25, 0.3) is 5.78 Å². The molecule has 0 unspecified atom stereocenters. The third-order valence-electron chi connectivity index (χ3n) is 3.29. The van der Waals surface area contributed by atoms with Crippen LogP contribution in [0.3, 0.4) is 0 Å². The van der Waals surface area contributed by atoms with Crippen molar-refractivity contribution in [1.29, 1.82) is 0 Å². The maximum atomic E-state index is 11.7. The zero-order chi connectivity index (χ0) is 14.5. The van der Waals surface area contributed by atoms with Gasteiger partial charge in [0.05, 0.1) is 0 Å². The highest BCUT2D eigenvalue weighted by Gasteiger charge is 2.12. The lowest BCUT2D eigenvalue weighted by Crippen LogP contribution is -2.26.